The molecule has 0 N–H and O–H groups in total. The Morgan fingerprint density at radius 1 is 1.11 bits per heavy atom. The highest BCUT2D eigenvalue weighted by Crippen LogP contribution is 2.41. The van der Waals surface area contributed by atoms with Crippen LogP contribution >= 0.6 is 0 Å². The molecule has 0 aromatic carbocycles. The summed E-state index contributed by atoms with van der Waals surface area (Å²) in [6, 6.07) is 1.66. The molecule has 0 unspecified atom stereocenters. The van der Waals surface area contributed by atoms with E-state index in [2.05, 4.69) is 4.98 Å². The van der Waals surface area contributed by atoms with Gasteiger partial charge in [-0.05, 0) is 38.5 Å². The molecule has 154 valence electrons. The Labute approximate surface area is 162 Å². The van der Waals surface area contributed by atoms with E-state index < -0.39 is 12.3 Å². The van der Waals surface area contributed by atoms with Crippen LogP contribution in [0.4, 0.5) is 0 Å². The van der Waals surface area contributed by atoms with Crippen molar-refractivity contribution in [1.82, 2.24) is 9.55 Å². The standard InChI is InChI=1S/C19H26N2O7/c22-13-7-8-21-18-17(28-19(21)20-13)16(27-15-6-2-4-10-24-15)12(26-18)11-25-14-5-1-3-9-23-14/h7-8,12,14-18H,1-6,9-11H2/t12-,14-,15+,16+,17+,18-/m0/s1. The number of ether oxygens (including phenoxy) is 6. The van der Waals surface area contributed by atoms with Gasteiger partial charge in [-0.15, -0.1) is 0 Å². The molecule has 1 aromatic heterocycles. The molecule has 0 spiro atoms. The summed E-state index contributed by atoms with van der Waals surface area (Å²) < 4.78 is 37.6. The maximum absolute atomic E-state index is 11.6. The molecule has 3 saturated heterocycles. The molecule has 9 heteroatoms. The Morgan fingerprint density at radius 2 is 1.89 bits per heavy atom. The second-order valence-electron chi connectivity index (χ2n) is 7.63. The Hall–Kier alpha value is -1.52. The predicted molar refractivity (Wildman–Crippen MR) is 94.8 cm³/mol. The second kappa shape index (κ2) is 8.08. The molecule has 0 aliphatic carbocycles. The quantitative estimate of drug-likeness (QED) is 0.739. The van der Waals surface area contributed by atoms with Crippen molar-refractivity contribution in [3.8, 4) is 6.01 Å². The SMILES string of the molecule is O=c1ccn2c(n1)O[C@@H]1[C@H](O[C@@H]3CCCCO3)[C@H](CO[C@H]3CCCCO3)O[C@@H]12. The average Bonchev–Trinajstić information content (AvgIpc) is 3.24. The van der Waals surface area contributed by atoms with Gasteiger partial charge >= 0.3 is 6.01 Å². The van der Waals surface area contributed by atoms with Gasteiger partial charge in [0.25, 0.3) is 5.56 Å². The number of hydrogen-bond acceptors (Lipinski definition) is 8. The predicted octanol–water partition coefficient (Wildman–Crippen LogP) is 1.36. The van der Waals surface area contributed by atoms with E-state index in [1.165, 1.54) is 6.07 Å². The highest BCUT2D eigenvalue weighted by molar-refractivity contribution is 5.11. The van der Waals surface area contributed by atoms with Gasteiger partial charge in [-0.1, -0.05) is 0 Å². The van der Waals surface area contributed by atoms with E-state index >= 15 is 0 Å². The van der Waals surface area contributed by atoms with Gasteiger partial charge in [0, 0.05) is 25.5 Å². The number of nitrogens with zero attached hydrogens (tertiary/aromatic N) is 2. The zero-order valence-corrected chi connectivity index (χ0v) is 15.7. The molecule has 1 aromatic rings. The Balaban J connectivity index is 1.31. The molecule has 28 heavy (non-hydrogen) atoms. The highest BCUT2D eigenvalue weighted by atomic mass is 16.7. The van der Waals surface area contributed by atoms with Gasteiger partial charge < -0.3 is 28.4 Å². The Kier molecular flexibility index (Phi) is 5.34. The van der Waals surface area contributed by atoms with Gasteiger partial charge in [0.2, 0.25) is 0 Å². The van der Waals surface area contributed by atoms with E-state index in [0.717, 1.165) is 45.1 Å². The van der Waals surface area contributed by atoms with Crippen molar-refractivity contribution in [2.24, 2.45) is 0 Å². The number of rotatable bonds is 5. The maximum atomic E-state index is 11.6. The fourth-order valence-corrected chi connectivity index (χ4v) is 4.19. The van der Waals surface area contributed by atoms with Gasteiger partial charge in [0.15, 0.2) is 24.9 Å². The minimum absolute atomic E-state index is 0.199. The van der Waals surface area contributed by atoms with Gasteiger partial charge in [-0.2, -0.15) is 4.98 Å². The third-order valence-electron chi connectivity index (χ3n) is 5.64. The summed E-state index contributed by atoms with van der Waals surface area (Å²) in [5.74, 6) is 0. The van der Waals surface area contributed by atoms with Crippen molar-refractivity contribution in [3.05, 3.63) is 22.6 Å². The van der Waals surface area contributed by atoms with Gasteiger partial charge in [-0.25, -0.2) is 0 Å². The van der Waals surface area contributed by atoms with E-state index in [1.54, 1.807) is 10.8 Å². The van der Waals surface area contributed by atoms with Crippen molar-refractivity contribution in [2.45, 2.75) is 75.6 Å². The van der Waals surface area contributed by atoms with Crippen molar-refractivity contribution in [2.75, 3.05) is 19.8 Å². The lowest BCUT2D eigenvalue weighted by Gasteiger charge is -2.30. The average molecular weight is 394 g/mol. The summed E-state index contributed by atoms with van der Waals surface area (Å²) in [6.07, 6.45) is 5.69. The molecule has 5 heterocycles. The van der Waals surface area contributed by atoms with Crippen molar-refractivity contribution in [3.63, 3.8) is 0 Å². The molecule has 0 saturated carbocycles. The second-order valence-corrected chi connectivity index (χ2v) is 7.63. The largest absolute Gasteiger partial charge is 0.453 e. The van der Waals surface area contributed by atoms with Crippen molar-refractivity contribution < 1.29 is 28.4 Å². The van der Waals surface area contributed by atoms with Crippen LogP contribution in [0.1, 0.15) is 44.8 Å². The molecule has 0 radical (unpaired) electrons. The van der Waals surface area contributed by atoms with E-state index in [-0.39, 0.29) is 36.4 Å². The molecule has 5 rings (SSSR count). The van der Waals surface area contributed by atoms with Crippen molar-refractivity contribution >= 4 is 0 Å². The van der Waals surface area contributed by atoms with E-state index in [4.69, 9.17) is 28.4 Å². The van der Waals surface area contributed by atoms with E-state index in [0.29, 0.717) is 13.2 Å². The number of aromatic nitrogens is 2. The van der Waals surface area contributed by atoms with Crippen LogP contribution in [0.5, 0.6) is 6.01 Å². The first-order chi connectivity index (χ1) is 13.8. The molecule has 9 nitrogen and oxygen atoms in total. The fourth-order valence-electron chi connectivity index (χ4n) is 4.19. The zero-order valence-electron chi connectivity index (χ0n) is 15.7. The van der Waals surface area contributed by atoms with Crippen LogP contribution in [-0.2, 0) is 23.7 Å². The zero-order chi connectivity index (χ0) is 18.9. The van der Waals surface area contributed by atoms with Crippen LogP contribution in [0.3, 0.4) is 0 Å². The molecule has 6 atom stereocenters. The highest BCUT2D eigenvalue weighted by Gasteiger charge is 2.53. The first-order valence-electron chi connectivity index (χ1n) is 10.2. The van der Waals surface area contributed by atoms with E-state index in [1.807, 2.05) is 0 Å². The monoisotopic (exact) mass is 394 g/mol. The third kappa shape index (κ3) is 3.69. The van der Waals surface area contributed by atoms with Crippen LogP contribution < -0.4 is 10.3 Å². The van der Waals surface area contributed by atoms with Crippen LogP contribution in [-0.4, -0.2) is 60.3 Å². The van der Waals surface area contributed by atoms with Crippen LogP contribution in [0.2, 0.25) is 0 Å². The molecule has 4 aliphatic heterocycles. The first-order valence-corrected chi connectivity index (χ1v) is 10.2. The first kappa shape index (κ1) is 18.5. The summed E-state index contributed by atoms with van der Waals surface area (Å²) in [5, 5.41) is 0. The topological polar surface area (TPSA) is 90.3 Å². The molecular weight excluding hydrogens is 368 g/mol. The number of fused-ring (bicyclic) bond motifs is 3. The van der Waals surface area contributed by atoms with Gasteiger partial charge in [0.1, 0.15) is 12.2 Å². The van der Waals surface area contributed by atoms with Gasteiger partial charge in [0.05, 0.1) is 6.61 Å². The summed E-state index contributed by atoms with van der Waals surface area (Å²) in [5.41, 5.74) is -0.339. The minimum atomic E-state index is -0.405. The summed E-state index contributed by atoms with van der Waals surface area (Å²) >= 11 is 0. The lowest BCUT2D eigenvalue weighted by molar-refractivity contribution is -0.223. The van der Waals surface area contributed by atoms with Crippen LogP contribution in [0.15, 0.2) is 17.1 Å². The number of hydrogen-bond donors (Lipinski definition) is 0. The smallest absolute Gasteiger partial charge is 0.302 e. The molecule has 4 aliphatic rings. The third-order valence-corrected chi connectivity index (χ3v) is 5.64. The normalized spacial score (nSPS) is 37.3. The molecular formula is C19H26N2O7. The van der Waals surface area contributed by atoms with E-state index in [9.17, 15) is 4.79 Å². The summed E-state index contributed by atoms with van der Waals surface area (Å²) in [6.45, 7) is 1.77. The Bertz CT molecular complexity index is 729. The van der Waals surface area contributed by atoms with Crippen molar-refractivity contribution in [1.29, 1.82) is 0 Å². The van der Waals surface area contributed by atoms with Crippen LogP contribution in [0, 0.1) is 0 Å². The lowest BCUT2D eigenvalue weighted by atomic mass is 10.1. The fraction of sp³-hybridized carbons (Fsp3) is 0.789. The maximum Gasteiger partial charge on any atom is 0.302 e. The summed E-state index contributed by atoms with van der Waals surface area (Å²) in [7, 11) is 0. The molecule has 0 bridgehead atoms. The lowest BCUT2D eigenvalue weighted by Crippen LogP contribution is -2.43. The minimum Gasteiger partial charge on any atom is -0.453 e. The molecule has 3 fully saturated rings. The summed E-state index contributed by atoms with van der Waals surface area (Å²) in [4.78, 5) is 15.5. The van der Waals surface area contributed by atoms with Crippen LogP contribution in [0.25, 0.3) is 0 Å². The van der Waals surface area contributed by atoms with Gasteiger partial charge in [-0.3, -0.25) is 9.36 Å². The Morgan fingerprint density at radius 3 is 2.64 bits per heavy atom. The molecule has 0 amide bonds.